The molecule has 2 aromatic carbocycles. The molecule has 9 nitrogen and oxygen atoms in total. The number of nitrogens with two attached hydrogens (primary N) is 1. The Morgan fingerprint density at radius 1 is 1.18 bits per heavy atom. The van der Waals surface area contributed by atoms with Gasteiger partial charge in [0.05, 0.1) is 30.8 Å². The molecule has 0 bridgehead atoms. The van der Waals surface area contributed by atoms with Crippen molar-refractivity contribution in [3.05, 3.63) is 59.7 Å². The number of carbonyl (C=O) groups is 4. The first-order chi connectivity index (χ1) is 16.2. The van der Waals surface area contributed by atoms with Gasteiger partial charge in [0, 0.05) is 5.69 Å². The lowest BCUT2D eigenvalue weighted by atomic mass is 9.96. The van der Waals surface area contributed by atoms with Crippen molar-refractivity contribution in [1.29, 1.82) is 0 Å². The average Bonchev–Trinajstić information content (AvgIpc) is 2.93. The van der Waals surface area contributed by atoms with E-state index in [1.165, 1.54) is 18.1 Å². The molecule has 1 aliphatic rings. The number of carbonyl (C=O) groups excluding carboxylic acids is 4. The molecule has 0 saturated heterocycles. The van der Waals surface area contributed by atoms with Gasteiger partial charge in [0.2, 0.25) is 11.8 Å². The number of benzene rings is 2. The SMILES string of the molecule is CC[C@H](C)C1C(=O)Nc2ccc(N)cc2C(=O)N1CC(=O)NC(CC(=O)OC)c1ccccc1. The third kappa shape index (κ3) is 5.54. The largest absolute Gasteiger partial charge is 0.469 e. The highest BCUT2D eigenvalue weighted by atomic mass is 16.5. The number of hydrogen-bond donors (Lipinski definition) is 3. The number of anilines is 2. The molecule has 0 radical (unpaired) electrons. The molecular formula is C25H30N4O5. The molecule has 3 atom stereocenters. The van der Waals surface area contributed by atoms with Crippen LogP contribution in [0.1, 0.15) is 48.7 Å². The molecule has 2 aromatic rings. The summed E-state index contributed by atoms with van der Waals surface area (Å²) in [5, 5.41) is 5.62. The molecule has 9 heteroatoms. The van der Waals surface area contributed by atoms with Gasteiger partial charge in [-0.05, 0) is 29.7 Å². The number of hydrogen-bond acceptors (Lipinski definition) is 6. The normalized spacial score (nSPS) is 17.1. The highest BCUT2D eigenvalue weighted by molar-refractivity contribution is 6.11. The maximum atomic E-state index is 13.5. The zero-order chi connectivity index (χ0) is 24.8. The number of nitrogens with one attached hydrogen (secondary N) is 2. The van der Waals surface area contributed by atoms with Crippen LogP contribution < -0.4 is 16.4 Å². The van der Waals surface area contributed by atoms with Crippen LogP contribution in [0.5, 0.6) is 0 Å². The molecule has 3 amide bonds. The zero-order valence-corrected chi connectivity index (χ0v) is 19.5. The lowest BCUT2D eigenvalue weighted by Crippen LogP contribution is -2.52. The molecule has 0 saturated carbocycles. The van der Waals surface area contributed by atoms with Gasteiger partial charge in [-0.3, -0.25) is 19.2 Å². The minimum Gasteiger partial charge on any atom is -0.469 e. The molecule has 180 valence electrons. The van der Waals surface area contributed by atoms with Gasteiger partial charge in [-0.15, -0.1) is 0 Å². The third-order valence-electron chi connectivity index (χ3n) is 6.03. The Labute approximate surface area is 198 Å². The quantitative estimate of drug-likeness (QED) is 0.405. The number of amides is 3. The Hall–Kier alpha value is -3.88. The fourth-order valence-electron chi connectivity index (χ4n) is 4.02. The van der Waals surface area contributed by atoms with Crippen molar-refractivity contribution in [3.8, 4) is 0 Å². The second kappa shape index (κ2) is 10.8. The summed E-state index contributed by atoms with van der Waals surface area (Å²) in [6.45, 7) is 3.41. The van der Waals surface area contributed by atoms with Gasteiger partial charge in [0.25, 0.3) is 5.91 Å². The Morgan fingerprint density at radius 3 is 2.53 bits per heavy atom. The molecule has 1 aliphatic heterocycles. The van der Waals surface area contributed by atoms with Gasteiger partial charge in [-0.2, -0.15) is 0 Å². The summed E-state index contributed by atoms with van der Waals surface area (Å²) in [5.41, 5.74) is 7.55. The van der Waals surface area contributed by atoms with Crippen LogP contribution in [0.15, 0.2) is 48.5 Å². The van der Waals surface area contributed by atoms with Gasteiger partial charge in [-0.25, -0.2) is 0 Å². The molecule has 0 aliphatic carbocycles. The van der Waals surface area contributed by atoms with Crippen molar-refractivity contribution in [2.24, 2.45) is 5.92 Å². The van der Waals surface area contributed by atoms with Crippen LogP contribution in [0.4, 0.5) is 11.4 Å². The first kappa shape index (κ1) is 24.8. The van der Waals surface area contributed by atoms with Gasteiger partial charge in [-0.1, -0.05) is 50.6 Å². The van der Waals surface area contributed by atoms with E-state index in [1.54, 1.807) is 36.4 Å². The summed E-state index contributed by atoms with van der Waals surface area (Å²) >= 11 is 0. The molecule has 0 spiro atoms. The second-order valence-electron chi connectivity index (χ2n) is 8.37. The van der Waals surface area contributed by atoms with E-state index >= 15 is 0 Å². The summed E-state index contributed by atoms with van der Waals surface area (Å²) < 4.78 is 4.78. The first-order valence-corrected chi connectivity index (χ1v) is 11.2. The molecule has 2 unspecified atom stereocenters. The van der Waals surface area contributed by atoms with E-state index < -0.39 is 29.9 Å². The second-order valence-corrected chi connectivity index (χ2v) is 8.37. The predicted molar refractivity (Wildman–Crippen MR) is 128 cm³/mol. The fourth-order valence-corrected chi connectivity index (χ4v) is 4.02. The lowest BCUT2D eigenvalue weighted by molar-refractivity contribution is -0.141. The number of ether oxygens (including phenoxy) is 1. The Morgan fingerprint density at radius 2 is 1.88 bits per heavy atom. The fraction of sp³-hybridized carbons (Fsp3) is 0.360. The van der Waals surface area contributed by atoms with Crippen molar-refractivity contribution >= 4 is 35.1 Å². The number of fused-ring (bicyclic) bond motifs is 1. The number of nitrogen functional groups attached to an aromatic ring is 1. The Kier molecular flexibility index (Phi) is 7.88. The van der Waals surface area contributed by atoms with E-state index in [4.69, 9.17) is 10.5 Å². The number of nitrogens with zero attached hydrogens (tertiary/aromatic N) is 1. The maximum Gasteiger partial charge on any atom is 0.307 e. The van der Waals surface area contributed by atoms with Crippen LogP contribution in [-0.2, 0) is 19.1 Å². The highest BCUT2D eigenvalue weighted by Crippen LogP contribution is 2.29. The highest BCUT2D eigenvalue weighted by Gasteiger charge is 2.39. The van der Waals surface area contributed by atoms with Gasteiger partial charge in [0.15, 0.2) is 0 Å². The van der Waals surface area contributed by atoms with Crippen molar-refractivity contribution in [1.82, 2.24) is 10.2 Å². The maximum absolute atomic E-state index is 13.5. The summed E-state index contributed by atoms with van der Waals surface area (Å²) in [5.74, 6) is -2.03. The van der Waals surface area contributed by atoms with Crippen LogP contribution in [0.25, 0.3) is 0 Å². The minimum atomic E-state index is -0.854. The van der Waals surface area contributed by atoms with E-state index in [0.29, 0.717) is 17.8 Å². The average molecular weight is 467 g/mol. The van der Waals surface area contributed by atoms with Gasteiger partial charge < -0.3 is 26.0 Å². The number of rotatable bonds is 8. The van der Waals surface area contributed by atoms with E-state index in [9.17, 15) is 19.2 Å². The molecule has 3 rings (SSSR count). The van der Waals surface area contributed by atoms with E-state index in [2.05, 4.69) is 10.6 Å². The number of methoxy groups -OCH3 is 1. The first-order valence-electron chi connectivity index (χ1n) is 11.2. The predicted octanol–water partition coefficient (Wildman–Crippen LogP) is 2.50. The van der Waals surface area contributed by atoms with E-state index in [1.807, 2.05) is 19.9 Å². The Bertz CT molecular complexity index is 1070. The van der Waals surface area contributed by atoms with E-state index in [-0.39, 0.29) is 30.4 Å². The molecule has 34 heavy (non-hydrogen) atoms. The molecule has 0 fully saturated rings. The van der Waals surface area contributed by atoms with Gasteiger partial charge in [0.1, 0.15) is 12.6 Å². The molecule has 4 N–H and O–H groups in total. The van der Waals surface area contributed by atoms with Crippen molar-refractivity contribution in [3.63, 3.8) is 0 Å². The van der Waals surface area contributed by atoms with Crippen LogP contribution in [-0.4, -0.2) is 48.3 Å². The zero-order valence-electron chi connectivity index (χ0n) is 19.5. The smallest absolute Gasteiger partial charge is 0.307 e. The van der Waals surface area contributed by atoms with Crippen LogP contribution in [0, 0.1) is 5.92 Å². The topological polar surface area (TPSA) is 131 Å². The summed E-state index contributed by atoms with van der Waals surface area (Å²) in [6, 6.07) is 12.2. The van der Waals surface area contributed by atoms with Crippen molar-refractivity contribution in [2.75, 3.05) is 24.7 Å². The molecule has 0 aromatic heterocycles. The molecular weight excluding hydrogens is 436 g/mol. The summed E-state index contributed by atoms with van der Waals surface area (Å²) in [6.07, 6.45) is 0.547. The van der Waals surface area contributed by atoms with Crippen LogP contribution >= 0.6 is 0 Å². The Balaban J connectivity index is 1.91. The standard InChI is InChI=1S/C25H30N4O5/c1-4-15(2)23-24(32)28-19-11-10-17(26)12-18(19)25(33)29(23)14-21(30)27-20(13-22(31)34-3)16-8-6-5-7-9-16/h5-12,15,20,23H,4,13-14,26H2,1-3H3,(H,27,30)(H,28,32)/t15-,20?,23?/m0/s1. The van der Waals surface area contributed by atoms with Gasteiger partial charge >= 0.3 is 5.97 Å². The lowest BCUT2D eigenvalue weighted by Gasteiger charge is -2.32. The number of esters is 1. The summed E-state index contributed by atoms with van der Waals surface area (Å²) in [7, 11) is 1.28. The monoisotopic (exact) mass is 466 g/mol. The molecule has 1 heterocycles. The van der Waals surface area contributed by atoms with E-state index in [0.717, 1.165) is 5.56 Å². The third-order valence-corrected chi connectivity index (χ3v) is 6.03. The van der Waals surface area contributed by atoms with Crippen LogP contribution in [0.3, 0.4) is 0 Å². The van der Waals surface area contributed by atoms with Crippen molar-refractivity contribution in [2.45, 2.75) is 38.8 Å². The van der Waals surface area contributed by atoms with Crippen LogP contribution in [0.2, 0.25) is 0 Å². The van der Waals surface area contributed by atoms with Crippen molar-refractivity contribution < 1.29 is 23.9 Å². The summed E-state index contributed by atoms with van der Waals surface area (Å²) in [4.78, 5) is 53.0. The minimum absolute atomic E-state index is 0.0746.